The normalized spacial score (nSPS) is 26.3. The van der Waals surface area contributed by atoms with Crippen molar-refractivity contribution in [3.05, 3.63) is 58.1 Å². The molecule has 0 aromatic heterocycles. The van der Waals surface area contributed by atoms with Gasteiger partial charge in [-0.1, -0.05) is 30.3 Å². The molecule has 4 nitrogen and oxygen atoms in total. The van der Waals surface area contributed by atoms with Crippen molar-refractivity contribution >= 4 is 21.9 Å². The van der Waals surface area contributed by atoms with E-state index in [1.54, 1.807) is 7.11 Å². The number of methoxy groups -OCH3 is 1. The van der Waals surface area contributed by atoms with E-state index in [2.05, 4.69) is 46.3 Å². The first-order valence-corrected chi connectivity index (χ1v) is 10.1. The Hall–Kier alpha value is -2.01. The van der Waals surface area contributed by atoms with Crippen LogP contribution in [0.15, 0.2) is 46.9 Å². The van der Waals surface area contributed by atoms with Crippen LogP contribution in [0.5, 0.6) is 11.5 Å². The van der Waals surface area contributed by atoms with Crippen molar-refractivity contribution in [1.29, 1.82) is 0 Å². The minimum absolute atomic E-state index is 0.00661. The van der Waals surface area contributed by atoms with Gasteiger partial charge in [0.05, 0.1) is 11.6 Å². The highest BCUT2D eigenvalue weighted by atomic mass is 79.9. The van der Waals surface area contributed by atoms with Crippen molar-refractivity contribution < 1.29 is 19.0 Å². The quantitative estimate of drug-likeness (QED) is 0.610. The monoisotopic (exact) mass is 430 g/mol. The molecule has 0 radical (unpaired) electrons. The fourth-order valence-electron chi connectivity index (χ4n) is 4.50. The summed E-state index contributed by atoms with van der Waals surface area (Å²) in [5.74, 6) is 2.03. The van der Waals surface area contributed by atoms with Crippen LogP contribution in [-0.4, -0.2) is 19.2 Å². The van der Waals surface area contributed by atoms with E-state index in [0.29, 0.717) is 5.92 Å². The molecule has 0 N–H and O–H groups in total. The molecule has 1 heterocycles. The predicted octanol–water partition coefficient (Wildman–Crippen LogP) is 5.41. The van der Waals surface area contributed by atoms with E-state index in [-0.39, 0.29) is 24.1 Å². The number of carbonyl (C=O) groups is 1. The van der Waals surface area contributed by atoms with Crippen LogP contribution in [0.1, 0.15) is 49.3 Å². The average molecular weight is 431 g/mol. The third-order valence-electron chi connectivity index (χ3n) is 5.64. The lowest BCUT2D eigenvalue weighted by Crippen LogP contribution is -2.37. The lowest BCUT2D eigenvalue weighted by molar-refractivity contribution is -0.149. The van der Waals surface area contributed by atoms with Crippen molar-refractivity contribution in [3.8, 4) is 11.5 Å². The number of halogens is 1. The van der Waals surface area contributed by atoms with E-state index in [4.69, 9.17) is 14.2 Å². The number of carbonyl (C=O) groups excluding carboxylic acids is 1. The Labute approximate surface area is 167 Å². The molecule has 1 fully saturated rings. The standard InChI is InChI=1S/C22H23BrO4/c1-13(24)26-15-8-9-16-17(10-15)18-11-19(23)21(25-2)12-20(18)27-22(16)14-6-4-3-5-7-14/h3-7,11-12,15-17,22H,8-10H2,1-2H3/t15?,16-,17-,22+/m0/s1. The number of hydrogen-bond acceptors (Lipinski definition) is 4. The number of rotatable bonds is 3. The minimum atomic E-state index is -0.207. The zero-order valence-electron chi connectivity index (χ0n) is 15.5. The molecule has 5 heteroatoms. The molecular weight excluding hydrogens is 408 g/mol. The van der Waals surface area contributed by atoms with E-state index >= 15 is 0 Å². The lowest BCUT2D eigenvalue weighted by atomic mass is 9.69. The van der Waals surface area contributed by atoms with Crippen molar-refractivity contribution in [2.24, 2.45) is 5.92 Å². The summed E-state index contributed by atoms with van der Waals surface area (Å²) in [5, 5.41) is 0. The molecule has 0 spiro atoms. The fraction of sp³-hybridized carbons (Fsp3) is 0.409. The first-order valence-electron chi connectivity index (χ1n) is 9.33. The van der Waals surface area contributed by atoms with Crippen molar-refractivity contribution in [3.63, 3.8) is 0 Å². The zero-order valence-corrected chi connectivity index (χ0v) is 17.1. The molecule has 1 aliphatic carbocycles. The number of hydrogen-bond donors (Lipinski definition) is 0. The van der Waals surface area contributed by atoms with Crippen molar-refractivity contribution in [2.45, 2.75) is 44.3 Å². The maximum atomic E-state index is 11.5. The molecule has 1 aliphatic heterocycles. The van der Waals surface area contributed by atoms with Gasteiger partial charge in [-0.15, -0.1) is 0 Å². The summed E-state index contributed by atoms with van der Waals surface area (Å²) in [6.45, 7) is 1.48. The SMILES string of the molecule is COc1cc2c(cc1Br)[C@H]1CC(OC(C)=O)CC[C@@H]1[C@@H](c1ccccc1)O2. The van der Waals surface area contributed by atoms with Gasteiger partial charge in [-0.05, 0) is 58.3 Å². The second-order valence-corrected chi connectivity index (χ2v) is 8.14. The van der Waals surface area contributed by atoms with Gasteiger partial charge >= 0.3 is 5.97 Å². The molecule has 4 atom stereocenters. The van der Waals surface area contributed by atoms with E-state index < -0.39 is 0 Å². The Bertz CT molecular complexity index is 836. The van der Waals surface area contributed by atoms with Crippen molar-refractivity contribution in [1.82, 2.24) is 0 Å². The summed E-state index contributed by atoms with van der Waals surface area (Å²) < 4.78 is 18.4. The molecule has 27 heavy (non-hydrogen) atoms. The van der Waals surface area contributed by atoms with E-state index in [9.17, 15) is 4.79 Å². The summed E-state index contributed by atoms with van der Waals surface area (Å²) in [5.41, 5.74) is 2.35. The van der Waals surface area contributed by atoms with Gasteiger partial charge in [0.15, 0.2) is 0 Å². The number of benzene rings is 2. The summed E-state index contributed by atoms with van der Waals surface area (Å²) >= 11 is 3.60. The molecular formula is C22H23BrO4. The van der Waals surface area contributed by atoms with Gasteiger partial charge in [0.25, 0.3) is 0 Å². The van der Waals surface area contributed by atoms with Crippen LogP contribution in [0.4, 0.5) is 0 Å². The molecule has 2 aromatic rings. The van der Waals surface area contributed by atoms with E-state index in [1.807, 2.05) is 12.1 Å². The highest BCUT2D eigenvalue weighted by molar-refractivity contribution is 9.10. The third kappa shape index (κ3) is 3.57. The van der Waals surface area contributed by atoms with Gasteiger partial charge in [-0.25, -0.2) is 0 Å². The molecule has 0 saturated heterocycles. The Morgan fingerprint density at radius 1 is 1.19 bits per heavy atom. The maximum Gasteiger partial charge on any atom is 0.302 e. The van der Waals surface area contributed by atoms with Gasteiger partial charge in [0.1, 0.15) is 23.7 Å². The predicted molar refractivity (Wildman–Crippen MR) is 106 cm³/mol. The average Bonchev–Trinajstić information content (AvgIpc) is 2.67. The van der Waals surface area contributed by atoms with Crippen LogP contribution >= 0.6 is 15.9 Å². The minimum Gasteiger partial charge on any atom is -0.495 e. The fourth-order valence-corrected chi connectivity index (χ4v) is 5.02. The van der Waals surface area contributed by atoms with Gasteiger partial charge in [0, 0.05) is 18.9 Å². The Morgan fingerprint density at radius 2 is 1.96 bits per heavy atom. The zero-order chi connectivity index (χ0) is 19.0. The van der Waals surface area contributed by atoms with Crippen LogP contribution in [0.3, 0.4) is 0 Å². The number of ether oxygens (including phenoxy) is 3. The first-order chi connectivity index (χ1) is 13.1. The van der Waals surface area contributed by atoms with Crippen LogP contribution in [0, 0.1) is 5.92 Å². The Balaban J connectivity index is 1.75. The second kappa shape index (κ2) is 7.55. The summed E-state index contributed by atoms with van der Waals surface area (Å²) in [6, 6.07) is 14.4. The Morgan fingerprint density at radius 3 is 2.67 bits per heavy atom. The second-order valence-electron chi connectivity index (χ2n) is 7.29. The van der Waals surface area contributed by atoms with Crippen LogP contribution < -0.4 is 9.47 Å². The van der Waals surface area contributed by atoms with Gasteiger partial charge in [-0.3, -0.25) is 4.79 Å². The third-order valence-corrected chi connectivity index (χ3v) is 6.26. The largest absolute Gasteiger partial charge is 0.495 e. The van der Waals surface area contributed by atoms with Crippen LogP contribution in [-0.2, 0) is 9.53 Å². The molecule has 0 amide bonds. The van der Waals surface area contributed by atoms with Crippen LogP contribution in [0.25, 0.3) is 0 Å². The smallest absolute Gasteiger partial charge is 0.302 e. The molecule has 2 aliphatic rings. The number of esters is 1. The molecule has 1 unspecified atom stereocenters. The van der Waals surface area contributed by atoms with Gasteiger partial charge in [-0.2, -0.15) is 0 Å². The highest BCUT2D eigenvalue weighted by Gasteiger charge is 2.43. The van der Waals surface area contributed by atoms with E-state index in [1.165, 1.54) is 12.5 Å². The molecule has 2 aromatic carbocycles. The molecule has 4 rings (SSSR count). The molecule has 0 bridgehead atoms. The maximum absolute atomic E-state index is 11.5. The summed E-state index contributed by atoms with van der Waals surface area (Å²) in [4.78, 5) is 11.5. The lowest BCUT2D eigenvalue weighted by Gasteiger charge is -2.44. The topological polar surface area (TPSA) is 44.8 Å². The first kappa shape index (κ1) is 18.4. The van der Waals surface area contributed by atoms with Gasteiger partial charge in [0.2, 0.25) is 0 Å². The highest BCUT2D eigenvalue weighted by Crippen LogP contribution is 2.54. The van der Waals surface area contributed by atoms with Crippen molar-refractivity contribution in [2.75, 3.05) is 7.11 Å². The van der Waals surface area contributed by atoms with Gasteiger partial charge < -0.3 is 14.2 Å². The number of fused-ring (bicyclic) bond motifs is 3. The van der Waals surface area contributed by atoms with Crippen LogP contribution in [0.2, 0.25) is 0 Å². The summed E-state index contributed by atoms with van der Waals surface area (Å²) in [6.07, 6.45) is 2.62. The summed E-state index contributed by atoms with van der Waals surface area (Å²) in [7, 11) is 1.66. The molecule has 142 valence electrons. The van der Waals surface area contributed by atoms with E-state index in [0.717, 1.165) is 40.8 Å². The molecule has 1 saturated carbocycles. The Kier molecular flexibility index (Phi) is 5.13.